The first-order chi connectivity index (χ1) is 10.2. The average molecular weight is 285 g/mol. The van der Waals surface area contributed by atoms with Gasteiger partial charge in [-0.1, -0.05) is 6.07 Å². The van der Waals surface area contributed by atoms with E-state index in [0.717, 1.165) is 18.5 Å². The molecule has 1 aliphatic carbocycles. The second kappa shape index (κ2) is 5.35. The fraction of sp³-hybridized carbons (Fsp3) is 0.286. The molecule has 0 saturated carbocycles. The summed E-state index contributed by atoms with van der Waals surface area (Å²) in [6.07, 6.45) is 4.62. The van der Waals surface area contributed by atoms with Crippen molar-refractivity contribution in [3.05, 3.63) is 45.6 Å². The van der Waals surface area contributed by atoms with E-state index in [9.17, 15) is 10.1 Å². The minimum absolute atomic E-state index is 0.142. The van der Waals surface area contributed by atoms with Crippen LogP contribution in [0.3, 0.4) is 0 Å². The van der Waals surface area contributed by atoms with Crippen LogP contribution in [-0.4, -0.2) is 21.9 Å². The zero-order valence-corrected chi connectivity index (χ0v) is 11.6. The highest BCUT2D eigenvalue weighted by Crippen LogP contribution is 2.27. The molecule has 0 spiro atoms. The number of nitro groups is 1. The molecule has 21 heavy (non-hydrogen) atoms. The van der Waals surface area contributed by atoms with Crippen LogP contribution >= 0.6 is 0 Å². The third-order valence-electron chi connectivity index (χ3n) is 3.56. The molecule has 1 aromatic carbocycles. The van der Waals surface area contributed by atoms with E-state index in [-0.39, 0.29) is 11.5 Å². The Labute approximate surface area is 121 Å². The molecule has 0 saturated heterocycles. The number of hydrogen-bond donors (Lipinski definition) is 2. The third kappa shape index (κ3) is 2.62. The molecule has 0 aliphatic heterocycles. The molecule has 7 heteroatoms. The Kier molecular flexibility index (Phi) is 3.39. The zero-order valence-electron chi connectivity index (χ0n) is 11.6. The normalized spacial score (nSPS) is 12.8. The van der Waals surface area contributed by atoms with Gasteiger partial charge < -0.3 is 10.6 Å². The molecule has 108 valence electrons. The summed E-state index contributed by atoms with van der Waals surface area (Å²) in [7, 11) is 1.59. The first kappa shape index (κ1) is 13.3. The molecule has 0 atom stereocenters. The fourth-order valence-electron chi connectivity index (χ4n) is 2.53. The van der Waals surface area contributed by atoms with Crippen molar-refractivity contribution in [3.8, 4) is 0 Å². The van der Waals surface area contributed by atoms with Crippen molar-refractivity contribution in [2.24, 2.45) is 0 Å². The van der Waals surface area contributed by atoms with Crippen LogP contribution < -0.4 is 10.6 Å². The standard InChI is InChI=1S/C14H15N5O2/c1-15-13-12(19(20)21)8-16-14(18-13)17-11-6-5-9-3-2-4-10(9)7-11/h5-8H,2-4H2,1H3,(H2,15,16,17,18). The number of nitrogens with zero attached hydrogens (tertiary/aromatic N) is 3. The van der Waals surface area contributed by atoms with E-state index in [2.05, 4.69) is 32.7 Å². The van der Waals surface area contributed by atoms with E-state index in [1.807, 2.05) is 6.07 Å². The maximum absolute atomic E-state index is 10.8. The number of aryl methyl sites for hydroxylation is 2. The molecule has 1 heterocycles. The SMILES string of the molecule is CNc1nc(Nc2ccc3c(c2)CCC3)ncc1[N+](=O)[O-]. The monoisotopic (exact) mass is 285 g/mol. The number of rotatable bonds is 4. The van der Waals surface area contributed by atoms with Gasteiger partial charge in [0.05, 0.1) is 4.92 Å². The molecule has 7 nitrogen and oxygen atoms in total. The third-order valence-corrected chi connectivity index (χ3v) is 3.56. The Hall–Kier alpha value is -2.70. The number of anilines is 3. The fourth-order valence-corrected chi connectivity index (χ4v) is 2.53. The summed E-state index contributed by atoms with van der Waals surface area (Å²) in [5, 5.41) is 16.6. The van der Waals surface area contributed by atoms with Crippen molar-refractivity contribution in [2.75, 3.05) is 17.7 Å². The zero-order chi connectivity index (χ0) is 14.8. The molecular weight excluding hydrogens is 270 g/mol. The van der Waals surface area contributed by atoms with E-state index in [1.54, 1.807) is 7.05 Å². The molecule has 3 rings (SSSR count). The Balaban J connectivity index is 1.86. The van der Waals surface area contributed by atoms with Crippen LogP contribution in [-0.2, 0) is 12.8 Å². The summed E-state index contributed by atoms with van der Waals surface area (Å²) < 4.78 is 0. The van der Waals surface area contributed by atoms with Crippen LogP contribution in [0.1, 0.15) is 17.5 Å². The van der Waals surface area contributed by atoms with Crippen LogP contribution in [0.2, 0.25) is 0 Å². The second-order valence-electron chi connectivity index (χ2n) is 4.90. The van der Waals surface area contributed by atoms with Crippen molar-refractivity contribution in [1.29, 1.82) is 0 Å². The quantitative estimate of drug-likeness (QED) is 0.662. The van der Waals surface area contributed by atoms with Crippen LogP contribution in [0.25, 0.3) is 0 Å². The van der Waals surface area contributed by atoms with E-state index in [4.69, 9.17) is 0 Å². The average Bonchev–Trinajstić information content (AvgIpc) is 2.94. The van der Waals surface area contributed by atoms with Gasteiger partial charge in [-0.3, -0.25) is 10.1 Å². The molecule has 0 unspecified atom stereocenters. The van der Waals surface area contributed by atoms with E-state index < -0.39 is 4.92 Å². The summed E-state index contributed by atoms with van der Waals surface area (Å²) in [6.45, 7) is 0. The number of nitrogens with one attached hydrogen (secondary N) is 2. The van der Waals surface area contributed by atoms with Crippen molar-refractivity contribution < 1.29 is 4.92 Å². The lowest BCUT2D eigenvalue weighted by atomic mass is 10.1. The lowest BCUT2D eigenvalue weighted by Gasteiger charge is -2.08. The molecule has 1 aromatic heterocycles. The molecule has 0 amide bonds. The molecule has 0 fully saturated rings. The van der Waals surface area contributed by atoms with Gasteiger partial charge in [0.15, 0.2) is 0 Å². The largest absolute Gasteiger partial charge is 0.367 e. The lowest BCUT2D eigenvalue weighted by molar-refractivity contribution is -0.384. The number of benzene rings is 1. The summed E-state index contributed by atoms with van der Waals surface area (Å²) in [5.74, 6) is 0.529. The summed E-state index contributed by atoms with van der Waals surface area (Å²) in [5.41, 5.74) is 3.49. The highest BCUT2D eigenvalue weighted by molar-refractivity contribution is 5.61. The highest BCUT2D eigenvalue weighted by atomic mass is 16.6. The van der Waals surface area contributed by atoms with Crippen molar-refractivity contribution in [1.82, 2.24) is 9.97 Å². The first-order valence-electron chi connectivity index (χ1n) is 6.75. The molecule has 1 aliphatic rings. The second-order valence-corrected chi connectivity index (χ2v) is 4.90. The van der Waals surface area contributed by atoms with Gasteiger partial charge in [-0.15, -0.1) is 0 Å². The molecule has 2 N–H and O–H groups in total. The number of hydrogen-bond acceptors (Lipinski definition) is 6. The Morgan fingerprint density at radius 2 is 2.10 bits per heavy atom. The Morgan fingerprint density at radius 3 is 2.86 bits per heavy atom. The van der Waals surface area contributed by atoms with Gasteiger partial charge in [-0.05, 0) is 42.5 Å². The number of aromatic nitrogens is 2. The Morgan fingerprint density at radius 1 is 1.29 bits per heavy atom. The molecule has 0 radical (unpaired) electrons. The van der Waals surface area contributed by atoms with Gasteiger partial charge in [0.1, 0.15) is 6.20 Å². The van der Waals surface area contributed by atoms with Crippen molar-refractivity contribution in [3.63, 3.8) is 0 Å². The smallest absolute Gasteiger partial charge is 0.329 e. The molecule has 2 aromatic rings. The molecular formula is C14H15N5O2. The van der Waals surface area contributed by atoms with Gasteiger partial charge in [0.25, 0.3) is 0 Å². The van der Waals surface area contributed by atoms with Crippen LogP contribution in [0, 0.1) is 10.1 Å². The van der Waals surface area contributed by atoms with Gasteiger partial charge in [-0.25, -0.2) is 4.98 Å². The van der Waals surface area contributed by atoms with Crippen LogP contribution in [0.4, 0.5) is 23.1 Å². The highest BCUT2D eigenvalue weighted by Gasteiger charge is 2.16. The van der Waals surface area contributed by atoms with E-state index in [0.29, 0.717) is 5.95 Å². The maximum atomic E-state index is 10.8. The minimum atomic E-state index is -0.509. The summed E-state index contributed by atoms with van der Waals surface area (Å²) in [6, 6.07) is 6.18. The topological polar surface area (TPSA) is 93.0 Å². The minimum Gasteiger partial charge on any atom is -0.367 e. The Bertz CT molecular complexity index is 702. The summed E-state index contributed by atoms with van der Waals surface area (Å²) >= 11 is 0. The van der Waals surface area contributed by atoms with E-state index in [1.165, 1.54) is 23.7 Å². The van der Waals surface area contributed by atoms with Gasteiger partial charge >= 0.3 is 5.69 Å². The van der Waals surface area contributed by atoms with E-state index >= 15 is 0 Å². The first-order valence-corrected chi connectivity index (χ1v) is 6.75. The van der Waals surface area contributed by atoms with Gasteiger partial charge in [-0.2, -0.15) is 4.98 Å². The van der Waals surface area contributed by atoms with Gasteiger partial charge in [0.2, 0.25) is 11.8 Å². The maximum Gasteiger partial charge on any atom is 0.329 e. The van der Waals surface area contributed by atoms with Crippen LogP contribution in [0.15, 0.2) is 24.4 Å². The molecule has 0 bridgehead atoms. The van der Waals surface area contributed by atoms with Crippen molar-refractivity contribution in [2.45, 2.75) is 19.3 Å². The van der Waals surface area contributed by atoms with Crippen LogP contribution in [0.5, 0.6) is 0 Å². The predicted octanol–water partition coefficient (Wildman–Crippen LogP) is 2.66. The van der Waals surface area contributed by atoms with Gasteiger partial charge in [0, 0.05) is 12.7 Å². The van der Waals surface area contributed by atoms with Crippen molar-refractivity contribution >= 4 is 23.1 Å². The summed E-state index contributed by atoms with van der Waals surface area (Å²) in [4.78, 5) is 18.5. The lowest BCUT2D eigenvalue weighted by Crippen LogP contribution is -2.04. The predicted molar refractivity (Wildman–Crippen MR) is 80.0 cm³/mol. The number of fused-ring (bicyclic) bond motifs is 1.